The first-order valence-electron chi connectivity index (χ1n) is 8.74. The molecule has 0 bridgehead atoms. The molecule has 0 saturated carbocycles. The Bertz CT molecular complexity index is 761. The molecule has 0 saturated heterocycles. The van der Waals surface area contributed by atoms with Gasteiger partial charge in [-0.05, 0) is 73.4 Å². The molecule has 2 atom stereocenters. The topological polar surface area (TPSA) is 26.3 Å². The van der Waals surface area contributed by atoms with Crippen LogP contribution in [0.5, 0.6) is 5.75 Å². The third-order valence-corrected chi connectivity index (χ3v) is 5.41. The van der Waals surface area contributed by atoms with Crippen LogP contribution in [-0.2, 0) is 4.79 Å². The zero-order chi connectivity index (χ0) is 17.3. The molecule has 1 aliphatic carbocycles. The molecular formula is C22H26O2. The molecule has 0 N–H and O–H groups in total. The van der Waals surface area contributed by atoms with Gasteiger partial charge in [-0.15, -0.1) is 0 Å². The summed E-state index contributed by atoms with van der Waals surface area (Å²) in [5.41, 5.74) is 6.53. The van der Waals surface area contributed by atoms with E-state index in [1.165, 1.54) is 27.8 Å². The number of ketones is 1. The number of carbonyl (C=O) groups is 1. The maximum Gasteiger partial charge on any atom is 0.130 e. The van der Waals surface area contributed by atoms with Gasteiger partial charge in [-0.3, -0.25) is 0 Å². The summed E-state index contributed by atoms with van der Waals surface area (Å²) in [7, 11) is 1.74. The van der Waals surface area contributed by atoms with Crippen LogP contribution in [0, 0.1) is 13.8 Å². The first kappa shape index (κ1) is 16.8. The van der Waals surface area contributed by atoms with Crippen molar-refractivity contribution in [3.63, 3.8) is 0 Å². The monoisotopic (exact) mass is 322 g/mol. The average Bonchev–Trinajstić information content (AvgIpc) is 2.57. The lowest BCUT2D eigenvalue weighted by Gasteiger charge is -2.32. The summed E-state index contributed by atoms with van der Waals surface area (Å²) in [5, 5.41) is 0. The minimum atomic E-state index is 0.279. The number of aryl methyl sites for hydroxylation is 1. The van der Waals surface area contributed by atoms with Crippen LogP contribution in [0.2, 0.25) is 0 Å². The number of methoxy groups -OCH3 is 1. The second-order valence-electron chi connectivity index (χ2n) is 7.03. The Hall–Kier alpha value is -2.09. The van der Waals surface area contributed by atoms with Crippen molar-refractivity contribution < 1.29 is 9.53 Å². The van der Waals surface area contributed by atoms with E-state index in [0.29, 0.717) is 18.3 Å². The lowest BCUT2D eigenvalue weighted by Crippen LogP contribution is -2.17. The van der Waals surface area contributed by atoms with Crippen LogP contribution in [0.15, 0.2) is 36.4 Å². The minimum absolute atomic E-state index is 0.279. The Morgan fingerprint density at radius 3 is 2.50 bits per heavy atom. The normalized spacial score (nSPS) is 19.7. The Morgan fingerprint density at radius 1 is 1.12 bits per heavy atom. The van der Waals surface area contributed by atoms with Crippen molar-refractivity contribution >= 4 is 5.78 Å². The third-order valence-electron chi connectivity index (χ3n) is 5.41. The molecule has 1 aliphatic rings. The first-order chi connectivity index (χ1) is 11.5. The summed E-state index contributed by atoms with van der Waals surface area (Å²) >= 11 is 0. The lowest BCUT2D eigenvalue weighted by molar-refractivity contribution is -0.117. The van der Waals surface area contributed by atoms with Crippen molar-refractivity contribution in [2.24, 2.45) is 0 Å². The summed E-state index contributed by atoms with van der Waals surface area (Å²) in [6.07, 6.45) is 2.80. The highest BCUT2D eigenvalue weighted by Gasteiger charge is 2.29. The standard InChI is InChI=1S/C22H26O2/c1-14-11-18(13-22(24-4)16(14)3)20-10-9-17(12-15(2)23)19-7-5-6-8-21(19)20/h5-8,11,13,17,20H,9-10,12H2,1-4H3/t17-,20?/m0/s1. The molecule has 2 nitrogen and oxygen atoms in total. The quantitative estimate of drug-likeness (QED) is 0.763. The Labute approximate surface area is 144 Å². The van der Waals surface area contributed by atoms with E-state index >= 15 is 0 Å². The van der Waals surface area contributed by atoms with Crippen LogP contribution in [0.4, 0.5) is 0 Å². The number of benzene rings is 2. The molecule has 0 radical (unpaired) electrons. The number of carbonyl (C=O) groups excluding carboxylic acids is 1. The smallest absolute Gasteiger partial charge is 0.130 e. The van der Waals surface area contributed by atoms with Crippen molar-refractivity contribution in [2.75, 3.05) is 7.11 Å². The van der Waals surface area contributed by atoms with E-state index in [2.05, 4.69) is 50.2 Å². The fourth-order valence-electron chi connectivity index (χ4n) is 4.05. The molecule has 0 heterocycles. The van der Waals surface area contributed by atoms with Gasteiger partial charge in [-0.2, -0.15) is 0 Å². The van der Waals surface area contributed by atoms with E-state index in [-0.39, 0.29) is 5.78 Å². The maximum absolute atomic E-state index is 11.6. The van der Waals surface area contributed by atoms with Gasteiger partial charge in [0, 0.05) is 12.3 Å². The predicted octanol–water partition coefficient (Wildman–Crippen LogP) is 5.30. The number of hydrogen-bond acceptors (Lipinski definition) is 2. The highest BCUT2D eigenvalue weighted by Crippen LogP contribution is 2.44. The predicted molar refractivity (Wildman–Crippen MR) is 98.0 cm³/mol. The highest BCUT2D eigenvalue weighted by molar-refractivity contribution is 5.76. The fraction of sp³-hybridized carbons (Fsp3) is 0.409. The molecule has 2 aromatic carbocycles. The number of ether oxygens (including phenoxy) is 1. The highest BCUT2D eigenvalue weighted by atomic mass is 16.5. The lowest BCUT2D eigenvalue weighted by atomic mass is 9.72. The average molecular weight is 322 g/mol. The fourth-order valence-corrected chi connectivity index (χ4v) is 4.05. The number of fused-ring (bicyclic) bond motifs is 1. The van der Waals surface area contributed by atoms with E-state index in [4.69, 9.17) is 4.74 Å². The summed E-state index contributed by atoms with van der Waals surface area (Å²) in [5.74, 6) is 2.00. The number of Topliss-reactive ketones (excluding diaryl/α,β-unsaturated/α-hetero) is 1. The van der Waals surface area contributed by atoms with Gasteiger partial charge in [-0.1, -0.05) is 30.3 Å². The van der Waals surface area contributed by atoms with Crippen molar-refractivity contribution in [3.05, 3.63) is 64.2 Å². The zero-order valence-electron chi connectivity index (χ0n) is 15.1. The van der Waals surface area contributed by atoms with Crippen molar-refractivity contribution in [2.45, 2.75) is 51.9 Å². The molecule has 0 aromatic heterocycles. The summed E-state index contributed by atoms with van der Waals surface area (Å²) in [6.45, 7) is 5.95. The second-order valence-corrected chi connectivity index (χ2v) is 7.03. The van der Waals surface area contributed by atoms with Gasteiger partial charge in [-0.25, -0.2) is 0 Å². The van der Waals surface area contributed by atoms with Gasteiger partial charge in [0.05, 0.1) is 7.11 Å². The Balaban J connectivity index is 2.04. The molecule has 0 spiro atoms. The van der Waals surface area contributed by atoms with Crippen molar-refractivity contribution in [1.29, 1.82) is 0 Å². The summed E-state index contributed by atoms with van der Waals surface area (Å²) < 4.78 is 5.57. The van der Waals surface area contributed by atoms with Crippen LogP contribution in [-0.4, -0.2) is 12.9 Å². The van der Waals surface area contributed by atoms with Gasteiger partial charge >= 0.3 is 0 Å². The molecule has 126 valence electrons. The second kappa shape index (κ2) is 6.80. The van der Waals surface area contributed by atoms with Gasteiger partial charge in [0.15, 0.2) is 0 Å². The maximum atomic E-state index is 11.6. The zero-order valence-corrected chi connectivity index (χ0v) is 15.1. The molecule has 2 aromatic rings. The van der Waals surface area contributed by atoms with Crippen LogP contribution in [0.25, 0.3) is 0 Å². The largest absolute Gasteiger partial charge is 0.496 e. The van der Waals surface area contributed by atoms with E-state index in [1.54, 1.807) is 14.0 Å². The number of hydrogen-bond donors (Lipinski definition) is 0. The SMILES string of the molecule is COc1cc(C2CC[C@@H](CC(C)=O)c3ccccc32)cc(C)c1C. The van der Waals surface area contributed by atoms with Crippen molar-refractivity contribution in [3.8, 4) is 5.75 Å². The van der Waals surface area contributed by atoms with E-state index in [0.717, 1.165) is 18.6 Å². The van der Waals surface area contributed by atoms with E-state index in [9.17, 15) is 4.79 Å². The molecular weight excluding hydrogens is 296 g/mol. The van der Waals surface area contributed by atoms with Crippen LogP contribution >= 0.6 is 0 Å². The molecule has 1 unspecified atom stereocenters. The molecule has 24 heavy (non-hydrogen) atoms. The number of rotatable bonds is 4. The van der Waals surface area contributed by atoms with Crippen LogP contribution in [0.3, 0.4) is 0 Å². The summed E-state index contributed by atoms with van der Waals surface area (Å²) in [4.78, 5) is 11.6. The molecule has 3 rings (SSSR count). The van der Waals surface area contributed by atoms with Gasteiger partial charge in [0.1, 0.15) is 11.5 Å². The first-order valence-corrected chi connectivity index (χ1v) is 8.74. The van der Waals surface area contributed by atoms with Gasteiger partial charge < -0.3 is 9.53 Å². The molecule has 2 heteroatoms. The minimum Gasteiger partial charge on any atom is -0.496 e. The van der Waals surface area contributed by atoms with Gasteiger partial charge in [0.25, 0.3) is 0 Å². The van der Waals surface area contributed by atoms with E-state index < -0.39 is 0 Å². The van der Waals surface area contributed by atoms with E-state index in [1.807, 2.05) is 0 Å². The molecule has 0 fully saturated rings. The molecule has 0 amide bonds. The third kappa shape index (κ3) is 3.10. The summed E-state index contributed by atoms with van der Waals surface area (Å²) in [6, 6.07) is 13.1. The Kier molecular flexibility index (Phi) is 4.75. The van der Waals surface area contributed by atoms with Gasteiger partial charge in [0.2, 0.25) is 0 Å². The Morgan fingerprint density at radius 2 is 1.83 bits per heavy atom. The van der Waals surface area contributed by atoms with Crippen molar-refractivity contribution in [1.82, 2.24) is 0 Å². The van der Waals surface area contributed by atoms with Crippen LogP contribution in [0.1, 0.15) is 65.8 Å². The van der Waals surface area contributed by atoms with Crippen LogP contribution < -0.4 is 4.74 Å². The molecule has 0 aliphatic heterocycles.